The molecule has 23 heavy (non-hydrogen) atoms. The highest BCUT2D eigenvalue weighted by Gasteiger charge is 2.29. The predicted molar refractivity (Wildman–Crippen MR) is 80.9 cm³/mol. The molecule has 1 aliphatic rings. The van der Waals surface area contributed by atoms with Crippen LogP contribution in [0.15, 0.2) is 42.5 Å². The van der Waals surface area contributed by atoms with E-state index in [1.807, 2.05) is 0 Å². The number of anilines is 1. The number of halogens is 3. The minimum atomic E-state index is -4.33. The Morgan fingerprint density at radius 1 is 1.00 bits per heavy atom. The average molecular weight is 319 g/mol. The van der Waals surface area contributed by atoms with Crippen molar-refractivity contribution in [2.24, 2.45) is 0 Å². The van der Waals surface area contributed by atoms with Crippen LogP contribution in [0.1, 0.15) is 16.7 Å². The molecule has 6 heteroatoms. The molecule has 2 aromatic rings. The summed E-state index contributed by atoms with van der Waals surface area (Å²) in [5.41, 5.74) is 1.35. The molecule has 1 amide bonds. The maximum atomic E-state index is 12.5. The standard InChI is InChI=1S/C17H12F3NO2/c18-17(19,20)13-6-3-11(4-7-13)1-2-12-5-8-15-14(9-12)21-16(22)10-23-15/h1-9H,10H2,(H,21,22). The number of amides is 1. The first-order chi connectivity index (χ1) is 10.9. The lowest BCUT2D eigenvalue weighted by Gasteiger charge is -2.17. The van der Waals surface area contributed by atoms with Crippen LogP contribution in [0.25, 0.3) is 12.2 Å². The van der Waals surface area contributed by atoms with Crippen LogP contribution in [0.2, 0.25) is 0 Å². The van der Waals surface area contributed by atoms with Gasteiger partial charge in [-0.15, -0.1) is 0 Å². The number of rotatable bonds is 2. The highest BCUT2D eigenvalue weighted by Crippen LogP contribution is 2.30. The molecule has 1 aliphatic heterocycles. The number of hydrogen-bond donors (Lipinski definition) is 1. The molecule has 0 atom stereocenters. The molecule has 0 unspecified atom stereocenters. The number of carbonyl (C=O) groups excluding carboxylic acids is 1. The van der Waals surface area contributed by atoms with Crippen molar-refractivity contribution in [2.75, 3.05) is 11.9 Å². The van der Waals surface area contributed by atoms with E-state index in [9.17, 15) is 18.0 Å². The normalized spacial score (nSPS) is 14.3. The molecule has 0 spiro atoms. The van der Waals surface area contributed by atoms with Crippen molar-refractivity contribution in [2.45, 2.75) is 6.18 Å². The molecule has 2 aromatic carbocycles. The third kappa shape index (κ3) is 3.53. The van der Waals surface area contributed by atoms with Gasteiger partial charge in [-0.1, -0.05) is 30.4 Å². The van der Waals surface area contributed by atoms with Gasteiger partial charge in [0.1, 0.15) is 5.75 Å². The Kier molecular flexibility index (Phi) is 3.82. The van der Waals surface area contributed by atoms with Gasteiger partial charge in [0.15, 0.2) is 6.61 Å². The van der Waals surface area contributed by atoms with Gasteiger partial charge in [0.2, 0.25) is 0 Å². The molecular weight excluding hydrogens is 307 g/mol. The topological polar surface area (TPSA) is 38.3 Å². The summed E-state index contributed by atoms with van der Waals surface area (Å²) < 4.78 is 42.7. The van der Waals surface area contributed by atoms with Crippen molar-refractivity contribution in [1.29, 1.82) is 0 Å². The Balaban J connectivity index is 1.78. The van der Waals surface area contributed by atoms with E-state index in [0.29, 0.717) is 17.0 Å². The van der Waals surface area contributed by atoms with Crippen molar-refractivity contribution in [3.8, 4) is 5.75 Å². The largest absolute Gasteiger partial charge is 0.482 e. The average Bonchev–Trinajstić information content (AvgIpc) is 2.52. The fourth-order valence-corrected chi connectivity index (χ4v) is 2.18. The lowest BCUT2D eigenvalue weighted by atomic mass is 10.1. The SMILES string of the molecule is O=C1COc2ccc(C=Cc3ccc(C(F)(F)F)cc3)cc2N1. The van der Waals surface area contributed by atoms with E-state index in [-0.39, 0.29) is 12.5 Å². The molecule has 1 heterocycles. The molecule has 118 valence electrons. The van der Waals surface area contributed by atoms with E-state index in [0.717, 1.165) is 17.7 Å². The summed E-state index contributed by atoms with van der Waals surface area (Å²) in [6.45, 7) is -0.00621. The van der Waals surface area contributed by atoms with E-state index < -0.39 is 11.7 Å². The summed E-state index contributed by atoms with van der Waals surface area (Å²) in [6.07, 6.45) is -0.879. The van der Waals surface area contributed by atoms with E-state index in [1.165, 1.54) is 12.1 Å². The molecule has 0 fully saturated rings. The molecule has 1 N–H and O–H groups in total. The fourth-order valence-electron chi connectivity index (χ4n) is 2.18. The van der Waals surface area contributed by atoms with Crippen LogP contribution in [0, 0.1) is 0 Å². The number of alkyl halides is 3. The van der Waals surface area contributed by atoms with Crippen LogP contribution in [0.3, 0.4) is 0 Å². The quantitative estimate of drug-likeness (QED) is 0.842. The highest BCUT2D eigenvalue weighted by atomic mass is 19.4. The Morgan fingerprint density at radius 3 is 2.35 bits per heavy atom. The molecule has 0 aliphatic carbocycles. The number of benzene rings is 2. The Hall–Kier alpha value is -2.76. The van der Waals surface area contributed by atoms with Gasteiger partial charge in [-0.05, 0) is 35.4 Å². The maximum absolute atomic E-state index is 12.5. The fraction of sp³-hybridized carbons (Fsp3) is 0.118. The molecule has 3 rings (SSSR count). The maximum Gasteiger partial charge on any atom is 0.416 e. The van der Waals surface area contributed by atoms with Gasteiger partial charge in [-0.3, -0.25) is 4.79 Å². The number of nitrogens with one attached hydrogen (secondary N) is 1. The molecule has 0 bridgehead atoms. The minimum absolute atomic E-state index is 0.00621. The first-order valence-electron chi connectivity index (χ1n) is 6.84. The van der Waals surface area contributed by atoms with Crippen LogP contribution in [0.4, 0.5) is 18.9 Å². The van der Waals surface area contributed by atoms with Gasteiger partial charge in [-0.25, -0.2) is 0 Å². The third-order valence-corrected chi connectivity index (χ3v) is 3.34. The number of fused-ring (bicyclic) bond motifs is 1. The first-order valence-corrected chi connectivity index (χ1v) is 6.84. The second-order valence-corrected chi connectivity index (χ2v) is 5.05. The Bertz CT molecular complexity index is 764. The summed E-state index contributed by atoms with van der Waals surface area (Å²) in [5.74, 6) is 0.373. The van der Waals surface area contributed by atoms with Crippen LogP contribution in [0.5, 0.6) is 5.75 Å². The van der Waals surface area contributed by atoms with Crippen molar-refractivity contribution in [3.63, 3.8) is 0 Å². The lowest BCUT2D eigenvalue weighted by molar-refractivity contribution is -0.137. The minimum Gasteiger partial charge on any atom is -0.482 e. The van der Waals surface area contributed by atoms with E-state index in [2.05, 4.69) is 5.32 Å². The van der Waals surface area contributed by atoms with Crippen LogP contribution >= 0.6 is 0 Å². The summed E-state index contributed by atoms with van der Waals surface area (Å²) in [4.78, 5) is 11.3. The first kappa shape index (κ1) is 15.1. The summed E-state index contributed by atoms with van der Waals surface area (Å²) >= 11 is 0. The molecule has 3 nitrogen and oxygen atoms in total. The van der Waals surface area contributed by atoms with Gasteiger partial charge in [0, 0.05) is 0 Å². The highest BCUT2D eigenvalue weighted by molar-refractivity contribution is 5.95. The second-order valence-electron chi connectivity index (χ2n) is 5.05. The van der Waals surface area contributed by atoms with E-state index >= 15 is 0 Å². The van der Waals surface area contributed by atoms with Crippen LogP contribution in [-0.2, 0) is 11.0 Å². The molecule has 0 aromatic heterocycles. The zero-order chi connectivity index (χ0) is 16.4. The summed E-state index contributed by atoms with van der Waals surface area (Å²) in [5, 5.41) is 2.70. The van der Waals surface area contributed by atoms with Crippen molar-refractivity contribution in [3.05, 3.63) is 59.2 Å². The Labute approximate surface area is 130 Å². The van der Waals surface area contributed by atoms with E-state index in [1.54, 1.807) is 30.4 Å². The summed E-state index contributed by atoms with van der Waals surface area (Å²) in [6, 6.07) is 10.2. The van der Waals surface area contributed by atoms with Gasteiger partial charge in [0.05, 0.1) is 11.3 Å². The molecule has 0 saturated heterocycles. The van der Waals surface area contributed by atoms with Crippen molar-refractivity contribution < 1.29 is 22.7 Å². The second kappa shape index (κ2) is 5.79. The molecule has 0 saturated carbocycles. The third-order valence-electron chi connectivity index (χ3n) is 3.34. The van der Waals surface area contributed by atoms with Gasteiger partial charge < -0.3 is 10.1 Å². The Morgan fingerprint density at radius 2 is 1.65 bits per heavy atom. The zero-order valence-electron chi connectivity index (χ0n) is 11.9. The predicted octanol–water partition coefficient (Wildman–Crippen LogP) is 4.21. The van der Waals surface area contributed by atoms with Gasteiger partial charge >= 0.3 is 6.18 Å². The van der Waals surface area contributed by atoms with E-state index in [4.69, 9.17) is 4.74 Å². The summed E-state index contributed by atoms with van der Waals surface area (Å²) in [7, 11) is 0. The van der Waals surface area contributed by atoms with Gasteiger partial charge in [0.25, 0.3) is 5.91 Å². The van der Waals surface area contributed by atoms with Crippen molar-refractivity contribution in [1.82, 2.24) is 0 Å². The number of ether oxygens (including phenoxy) is 1. The number of hydrogen-bond acceptors (Lipinski definition) is 2. The molecular formula is C17H12F3NO2. The van der Waals surface area contributed by atoms with Crippen LogP contribution < -0.4 is 10.1 Å². The zero-order valence-corrected chi connectivity index (χ0v) is 11.9. The lowest BCUT2D eigenvalue weighted by Crippen LogP contribution is -2.25. The monoisotopic (exact) mass is 319 g/mol. The smallest absolute Gasteiger partial charge is 0.416 e. The van der Waals surface area contributed by atoms with Gasteiger partial charge in [-0.2, -0.15) is 13.2 Å². The molecule has 0 radical (unpaired) electrons. The number of carbonyl (C=O) groups is 1. The van der Waals surface area contributed by atoms with Crippen LogP contribution in [-0.4, -0.2) is 12.5 Å². The van der Waals surface area contributed by atoms with Crippen molar-refractivity contribution >= 4 is 23.7 Å².